The van der Waals surface area contributed by atoms with Gasteiger partial charge in [0, 0.05) is 45.6 Å². The lowest BCUT2D eigenvalue weighted by Crippen LogP contribution is -2.31. The quantitative estimate of drug-likeness (QED) is 0.0906. The van der Waals surface area contributed by atoms with Crippen LogP contribution >= 0.6 is 0 Å². The summed E-state index contributed by atoms with van der Waals surface area (Å²) in [5, 5.41) is 42.1. The zero-order valence-electron chi connectivity index (χ0n) is 42.8. The Hall–Kier alpha value is -6.80. The second-order valence-electron chi connectivity index (χ2n) is 14.9. The molecule has 0 aliphatic carbocycles. The predicted molar refractivity (Wildman–Crippen MR) is 218 cm³/mol. The summed E-state index contributed by atoms with van der Waals surface area (Å²) in [6, 6.07) is 17.6. The molecule has 1 aliphatic rings. The Labute approximate surface area is 342 Å². The number of aromatic hydroxyl groups is 4. The smallest absolute Gasteiger partial charge is 0.166 e. The summed E-state index contributed by atoms with van der Waals surface area (Å²) < 4.78 is 119. The predicted octanol–water partition coefficient (Wildman–Crippen LogP) is 9.55. The number of phenolic OH excluding ortho intramolecular Hbond substituents is 4. The number of aromatic amines is 4. The molecule has 0 atom stereocenters. The average molecular weight is 753 g/mol. The summed E-state index contributed by atoms with van der Waals surface area (Å²) in [5.41, 5.74) is -9.82. The summed E-state index contributed by atoms with van der Waals surface area (Å²) in [5.74, 6) is -0.683. The van der Waals surface area contributed by atoms with Gasteiger partial charge in [-0.25, -0.2) is 0 Å². The van der Waals surface area contributed by atoms with E-state index in [9.17, 15) is 37.0 Å². The molecule has 8 heteroatoms. The van der Waals surface area contributed by atoms with Gasteiger partial charge in [0.05, 0.1) is 32.6 Å². The molecule has 4 aromatic heterocycles. The third-order valence-electron chi connectivity index (χ3n) is 11.7. The lowest BCUT2D eigenvalue weighted by atomic mass is 9.76. The molecule has 9 rings (SSSR count). The number of rotatable bonds is 4. The summed E-state index contributed by atoms with van der Waals surface area (Å²) in [6.07, 6.45) is 0. The summed E-state index contributed by atoms with van der Waals surface area (Å²) in [7, 11) is 0. The highest BCUT2D eigenvalue weighted by atomic mass is 16.3. The summed E-state index contributed by atoms with van der Waals surface area (Å²) in [6.45, 7) is 5.99. The maximum atomic E-state index is 10.5. The number of hydrogen-bond acceptors (Lipinski definition) is 4. The van der Waals surface area contributed by atoms with Crippen LogP contribution in [0, 0.1) is 0 Å². The van der Waals surface area contributed by atoms with Gasteiger partial charge in [-0.05, 0) is 147 Å². The molecule has 8 nitrogen and oxygen atoms in total. The Morgan fingerprint density at radius 3 is 0.607 bits per heavy atom. The van der Waals surface area contributed by atoms with E-state index in [1.54, 1.807) is 0 Å². The largest absolute Gasteiger partial charge is 0.508 e. The molecule has 0 unspecified atom stereocenters. The average Bonchev–Trinajstić information content (AvgIpc) is 3.87. The van der Waals surface area contributed by atoms with Crippen LogP contribution in [0.5, 0.6) is 23.0 Å². The fraction of sp³-hybridized carbons (Fsp3) is 0.167. The number of aromatic nitrogens is 4. The van der Waals surface area contributed by atoms with Crippen LogP contribution in [0.25, 0.3) is 0 Å². The Bertz CT molecular complexity index is 2800. The maximum absolute atomic E-state index is 10.5. The van der Waals surface area contributed by atoms with Crippen molar-refractivity contribution in [1.29, 1.82) is 0 Å². The van der Waals surface area contributed by atoms with Crippen molar-refractivity contribution in [2.45, 2.75) is 49.4 Å². The Kier molecular flexibility index (Phi) is 5.27. The number of hydrogen-bond donors (Lipinski definition) is 8. The molecule has 8 aromatic rings. The van der Waals surface area contributed by atoms with Crippen molar-refractivity contribution in [2.75, 3.05) is 0 Å². The van der Waals surface area contributed by atoms with Gasteiger partial charge < -0.3 is 40.3 Å². The first-order valence-corrected chi connectivity index (χ1v) is 18.0. The highest BCUT2D eigenvalue weighted by molar-refractivity contribution is 5.56. The van der Waals surface area contributed by atoms with E-state index in [2.05, 4.69) is 0 Å². The monoisotopic (exact) mass is 752 g/mol. The molecule has 4 aromatic carbocycles. The van der Waals surface area contributed by atoms with Crippen molar-refractivity contribution in [2.24, 2.45) is 0 Å². The van der Waals surface area contributed by atoms with Crippen LogP contribution in [0.15, 0.2) is 145 Å². The van der Waals surface area contributed by atoms with Crippen LogP contribution in [0.3, 0.4) is 0 Å². The van der Waals surface area contributed by atoms with E-state index < -0.39 is 70.0 Å². The molecular weight excluding hydrogens is 697 g/mol. The van der Waals surface area contributed by atoms with Crippen molar-refractivity contribution in [3.05, 3.63) is 213 Å². The minimum Gasteiger partial charge on any atom is -0.508 e. The van der Waals surface area contributed by atoms with Gasteiger partial charge in [0.25, 0.3) is 0 Å². The standard InChI is InChI=1S/C48H44N4O4/c1-45(29-5-13-33(53)14-6-29)37-21-23-39(49-37)46(2,30-7-15-34(54)16-8-30)41-25-27-43(51-41)48(4,32-11-19-36(56)20-12-32)44-28-26-42(52-44)47(3,40-24-22-38(45)50-40)31-9-17-35(55)18-10-31/h5-28,49-56H,1-4H3/i21D,22D,23D,24D,25D,26D,27D,28D/hD4. The van der Waals surface area contributed by atoms with Gasteiger partial charge in [0.2, 0.25) is 0 Å². The number of fused-ring (bicyclic) bond motifs is 8. The zero-order chi connectivity index (χ0) is 49.5. The molecule has 0 saturated heterocycles. The SMILES string of the molecule is [2H]c1c([2H])c2n([2H])c1C(C)(c1ccc(O)cc1)c1c([2H])c([2H])c(n1[2H])C(C)(c1ccc(O)cc1)c1c([2H])c([2H])c(n1[2H])C(C)(c1ccc(O)cc1)c1c([2H])c([2H])c(n1[2H])C2(C)c1ccc(O)cc1. The minimum atomic E-state index is -2.02. The zero-order valence-corrected chi connectivity index (χ0v) is 30.8. The first kappa shape index (κ1) is 23.9. The van der Waals surface area contributed by atoms with Gasteiger partial charge in [0.1, 0.15) is 23.0 Å². The van der Waals surface area contributed by atoms with E-state index in [-0.39, 0.29) is 90.8 Å². The molecule has 1 aliphatic heterocycles. The van der Waals surface area contributed by atoms with Crippen LogP contribution < -0.4 is 0 Å². The molecule has 280 valence electrons. The lowest BCUT2D eigenvalue weighted by Gasteiger charge is -2.34. The molecule has 8 bridgehead atoms. The molecule has 0 amide bonds. The number of nitrogens with one attached hydrogen (secondary N) is 4. The summed E-state index contributed by atoms with van der Waals surface area (Å²) in [4.78, 5) is 3.13. The van der Waals surface area contributed by atoms with Crippen molar-refractivity contribution in [3.8, 4) is 23.0 Å². The van der Waals surface area contributed by atoms with Gasteiger partial charge in [-0.2, -0.15) is 0 Å². The van der Waals surface area contributed by atoms with Gasteiger partial charge in [-0.1, -0.05) is 48.5 Å². The van der Waals surface area contributed by atoms with Crippen molar-refractivity contribution < 1.29 is 37.0 Å². The number of benzene rings is 4. The third kappa shape index (κ3) is 5.05. The lowest BCUT2D eigenvalue weighted by molar-refractivity contribution is 0.474. The molecule has 0 fully saturated rings. The topological polar surface area (TPSA) is 144 Å². The minimum absolute atomic E-state index is 0.171. The first-order chi connectivity index (χ1) is 31.9. The normalized spacial score (nSPS) is 26.2. The van der Waals surface area contributed by atoms with Crippen molar-refractivity contribution in [1.82, 2.24) is 19.9 Å². The van der Waals surface area contributed by atoms with Gasteiger partial charge in [-0.15, -0.1) is 0 Å². The van der Waals surface area contributed by atoms with Crippen LogP contribution in [0.2, 0.25) is 5.65 Å². The Morgan fingerprint density at radius 2 is 0.464 bits per heavy atom. The molecule has 0 saturated carbocycles. The van der Waals surface area contributed by atoms with Crippen molar-refractivity contribution in [3.63, 3.8) is 0 Å². The second kappa shape index (κ2) is 12.4. The van der Waals surface area contributed by atoms with Crippen LogP contribution in [-0.4, -0.2) is 40.3 Å². The van der Waals surface area contributed by atoms with E-state index >= 15 is 0 Å². The van der Waals surface area contributed by atoms with E-state index in [4.69, 9.17) is 0 Å². The molecule has 8 N–H and O–H groups in total. The Balaban J connectivity index is 1.59. The van der Waals surface area contributed by atoms with Crippen LogP contribution in [0.1, 0.15) is 106 Å². The fourth-order valence-electron chi connectivity index (χ4n) is 7.76. The van der Waals surface area contributed by atoms with Gasteiger partial charge >= 0.3 is 0 Å². The number of H-pyrrole nitrogens is 4. The molecule has 0 radical (unpaired) electrons. The highest BCUT2D eigenvalue weighted by Gasteiger charge is 2.43. The van der Waals surface area contributed by atoms with Crippen LogP contribution in [-0.2, 0) is 21.7 Å². The molecule has 5 heterocycles. The first-order valence-electron chi connectivity index (χ1n) is 23.8. The van der Waals surface area contributed by atoms with E-state index in [0.29, 0.717) is 0 Å². The maximum Gasteiger partial charge on any atom is 0.166 e. The molecule has 0 spiro atoms. The van der Waals surface area contributed by atoms with E-state index in [1.165, 1.54) is 125 Å². The molecule has 56 heavy (non-hydrogen) atoms. The summed E-state index contributed by atoms with van der Waals surface area (Å²) >= 11 is 0. The van der Waals surface area contributed by atoms with Gasteiger partial charge in [-0.3, -0.25) is 0 Å². The number of phenols is 4. The highest BCUT2D eigenvalue weighted by Crippen LogP contribution is 2.48. The third-order valence-corrected chi connectivity index (χ3v) is 11.7. The van der Waals surface area contributed by atoms with Crippen molar-refractivity contribution >= 4 is 0 Å². The second-order valence-corrected chi connectivity index (χ2v) is 14.9. The Morgan fingerprint density at radius 1 is 0.321 bits per heavy atom. The van der Waals surface area contributed by atoms with Gasteiger partial charge in [0.15, 0.2) is 5.65 Å². The fourth-order valence-corrected chi connectivity index (χ4v) is 7.76. The molecular formula is C48H44N4O4. The van der Waals surface area contributed by atoms with Crippen LogP contribution in [0.4, 0.5) is 0 Å². The van der Waals surface area contributed by atoms with E-state index in [1.807, 2.05) is 0 Å². The van der Waals surface area contributed by atoms with E-state index in [0.717, 1.165) is 19.9 Å².